The van der Waals surface area contributed by atoms with E-state index in [1.54, 1.807) is 5.57 Å². The second-order valence-electron chi connectivity index (χ2n) is 6.36. The van der Waals surface area contributed by atoms with Crippen LogP contribution in [-0.4, -0.2) is 18.4 Å². The van der Waals surface area contributed by atoms with Crippen molar-refractivity contribution in [2.45, 2.75) is 46.9 Å². The van der Waals surface area contributed by atoms with Crippen molar-refractivity contribution in [3.8, 4) is 0 Å². The van der Waals surface area contributed by atoms with E-state index >= 15 is 0 Å². The first-order valence-electron chi connectivity index (χ1n) is 6.72. The Labute approximate surface area is 110 Å². The molecule has 0 fully saturated rings. The zero-order chi connectivity index (χ0) is 12.5. The van der Waals surface area contributed by atoms with Crippen molar-refractivity contribution in [2.75, 3.05) is 0 Å². The third kappa shape index (κ3) is 3.15. The molecule has 0 saturated carbocycles. The average Bonchev–Trinajstić information content (AvgIpc) is 2.28. The molecule has 0 aromatic heterocycles. The van der Waals surface area contributed by atoms with E-state index in [-0.39, 0.29) is 0 Å². The van der Waals surface area contributed by atoms with Gasteiger partial charge in [-0.2, -0.15) is 0 Å². The molecule has 0 spiro atoms. The van der Waals surface area contributed by atoms with Gasteiger partial charge in [0.1, 0.15) is 0 Å². The van der Waals surface area contributed by atoms with Crippen LogP contribution in [0.3, 0.4) is 0 Å². The second kappa shape index (κ2) is 5.17. The fraction of sp³-hybridized carbons (Fsp3) is 0.500. The molecule has 0 heterocycles. The summed E-state index contributed by atoms with van der Waals surface area (Å²) in [6.45, 7) is 2.38. The van der Waals surface area contributed by atoms with Crippen LogP contribution in [0.25, 0.3) is 0 Å². The molecule has 0 aliphatic heterocycles. The predicted molar refractivity (Wildman–Crippen MR) is 79.1 cm³/mol. The SMILES string of the molecule is CC1=[C]([Sn]([CH3])([CH3])[CH3])CCC(c2ccccc2)C1. The summed E-state index contributed by atoms with van der Waals surface area (Å²) in [4.78, 5) is 7.66. The monoisotopic (exact) mass is 336 g/mol. The first-order valence-corrected chi connectivity index (χ1v) is 16.7. The number of hydrogen-bond donors (Lipinski definition) is 0. The first-order chi connectivity index (χ1) is 7.98. The molecular weight excluding hydrogens is 311 g/mol. The normalized spacial score (nSPS) is 21.8. The summed E-state index contributed by atoms with van der Waals surface area (Å²) in [5.74, 6) is 0.772. The minimum absolute atomic E-state index is 0.772. The maximum atomic E-state index is 2.55. The van der Waals surface area contributed by atoms with Crippen LogP contribution in [0.15, 0.2) is 39.5 Å². The van der Waals surface area contributed by atoms with E-state index < -0.39 is 18.4 Å². The van der Waals surface area contributed by atoms with Crippen molar-refractivity contribution in [3.63, 3.8) is 0 Å². The summed E-state index contributed by atoms with van der Waals surface area (Å²) in [6.07, 6.45) is 4.03. The van der Waals surface area contributed by atoms with Crippen LogP contribution in [0.2, 0.25) is 14.8 Å². The van der Waals surface area contributed by atoms with Crippen molar-refractivity contribution in [1.29, 1.82) is 0 Å². The molecule has 92 valence electrons. The van der Waals surface area contributed by atoms with Gasteiger partial charge in [0.15, 0.2) is 0 Å². The second-order valence-corrected chi connectivity index (χ2v) is 20.9. The third-order valence-corrected chi connectivity index (χ3v) is 11.1. The van der Waals surface area contributed by atoms with Crippen LogP contribution in [0, 0.1) is 0 Å². The third-order valence-electron chi connectivity index (χ3n) is 3.99. The number of benzene rings is 1. The molecule has 0 radical (unpaired) electrons. The Hall–Kier alpha value is -0.241. The molecule has 17 heavy (non-hydrogen) atoms. The van der Waals surface area contributed by atoms with Crippen molar-refractivity contribution >= 4 is 18.4 Å². The van der Waals surface area contributed by atoms with Gasteiger partial charge >= 0.3 is 110 Å². The minimum atomic E-state index is -1.80. The Balaban J connectivity index is 2.18. The van der Waals surface area contributed by atoms with E-state index in [0.29, 0.717) is 0 Å². The van der Waals surface area contributed by atoms with Crippen LogP contribution in [0.5, 0.6) is 0 Å². The molecule has 1 aromatic carbocycles. The summed E-state index contributed by atoms with van der Waals surface area (Å²) in [5, 5.41) is 0. The van der Waals surface area contributed by atoms with Gasteiger partial charge in [-0.3, -0.25) is 0 Å². The van der Waals surface area contributed by atoms with Gasteiger partial charge in [0.25, 0.3) is 0 Å². The van der Waals surface area contributed by atoms with Gasteiger partial charge in [-0.25, -0.2) is 0 Å². The van der Waals surface area contributed by atoms with Crippen LogP contribution >= 0.6 is 0 Å². The van der Waals surface area contributed by atoms with Gasteiger partial charge in [-0.05, 0) is 0 Å². The van der Waals surface area contributed by atoms with E-state index in [2.05, 4.69) is 52.1 Å². The average molecular weight is 335 g/mol. The zero-order valence-electron chi connectivity index (χ0n) is 11.6. The Morgan fingerprint density at radius 1 is 1.06 bits per heavy atom. The molecule has 1 unspecified atom stereocenters. The Kier molecular flexibility index (Phi) is 4.02. The molecule has 1 heteroatoms. The van der Waals surface area contributed by atoms with E-state index in [0.717, 1.165) is 5.92 Å². The number of hydrogen-bond acceptors (Lipinski definition) is 0. The van der Waals surface area contributed by atoms with Crippen LogP contribution in [-0.2, 0) is 0 Å². The van der Waals surface area contributed by atoms with Crippen molar-refractivity contribution in [2.24, 2.45) is 0 Å². The maximum absolute atomic E-state index is 2.55. The molecular formula is C16H24Sn. The molecule has 0 bridgehead atoms. The summed E-state index contributed by atoms with van der Waals surface area (Å²) in [7, 11) is 0. The van der Waals surface area contributed by atoms with Crippen molar-refractivity contribution < 1.29 is 0 Å². The Bertz CT molecular complexity index is 409. The topological polar surface area (TPSA) is 0 Å². The van der Waals surface area contributed by atoms with E-state index in [9.17, 15) is 0 Å². The summed E-state index contributed by atoms with van der Waals surface area (Å²) in [5.41, 5.74) is 3.25. The number of allylic oxidation sites excluding steroid dienone is 2. The van der Waals surface area contributed by atoms with Crippen molar-refractivity contribution in [3.05, 3.63) is 45.1 Å². The Morgan fingerprint density at radius 2 is 1.71 bits per heavy atom. The Morgan fingerprint density at radius 3 is 2.24 bits per heavy atom. The zero-order valence-corrected chi connectivity index (χ0v) is 14.4. The van der Waals surface area contributed by atoms with Gasteiger partial charge in [0.05, 0.1) is 0 Å². The fourth-order valence-corrected chi connectivity index (χ4v) is 9.65. The molecule has 0 N–H and O–H groups in total. The van der Waals surface area contributed by atoms with E-state index in [4.69, 9.17) is 0 Å². The quantitative estimate of drug-likeness (QED) is 0.656. The summed E-state index contributed by atoms with van der Waals surface area (Å²) < 4.78 is 1.89. The van der Waals surface area contributed by atoms with Gasteiger partial charge in [-0.1, -0.05) is 0 Å². The molecule has 0 saturated heterocycles. The number of rotatable bonds is 2. The molecule has 2 rings (SSSR count). The van der Waals surface area contributed by atoms with Gasteiger partial charge in [0, 0.05) is 0 Å². The van der Waals surface area contributed by atoms with Crippen molar-refractivity contribution in [1.82, 2.24) is 0 Å². The molecule has 1 aliphatic carbocycles. The van der Waals surface area contributed by atoms with E-state index in [1.165, 1.54) is 24.8 Å². The van der Waals surface area contributed by atoms with Gasteiger partial charge < -0.3 is 0 Å². The molecule has 1 aliphatic rings. The van der Waals surface area contributed by atoms with Crippen LogP contribution in [0.1, 0.15) is 37.7 Å². The predicted octanol–water partition coefficient (Wildman–Crippen LogP) is 5.15. The van der Waals surface area contributed by atoms with Gasteiger partial charge in [-0.15, -0.1) is 0 Å². The standard InChI is InChI=1S/C13H15.3CH3.Sn/c1-11-6-5-9-13(10-11)12-7-3-2-4-8-12;;;;/h2-4,7-8,13H,5,9-10H2,1H3;3*1H3;. The molecule has 0 nitrogen and oxygen atoms in total. The molecule has 1 aromatic rings. The first kappa shape index (κ1) is 13.2. The summed E-state index contributed by atoms with van der Waals surface area (Å²) >= 11 is -1.80. The van der Waals surface area contributed by atoms with Gasteiger partial charge in [0.2, 0.25) is 0 Å². The van der Waals surface area contributed by atoms with Crippen LogP contribution < -0.4 is 0 Å². The summed E-state index contributed by atoms with van der Waals surface area (Å²) in [6, 6.07) is 11.1. The molecule has 1 atom stereocenters. The van der Waals surface area contributed by atoms with E-state index in [1.807, 2.05) is 3.59 Å². The molecule has 0 amide bonds. The van der Waals surface area contributed by atoms with Crippen LogP contribution in [0.4, 0.5) is 0 Å². The fourth-order valence-electron chi connectivity index (χ4n) is 3.15.